The third kappa shape index (κ3) is 3.92. The summed E-state index contributed by atoms with van der Waals surface area (Å²) in [4.78, 5) is 12.5. The maximum absolute atomic E-state index is 13.9. The van der Waals surface area contributed by atoms with E-state index in [0.717, 1.165) is 10.8 Å². The van der Waals surface area contributed by atoms with Gasteiger partial charge in [0.15, 0.2) is 0 Å². The third-order valence-corrected chi connectivity index (χ3v) is 4.43. The van der Waals surface area contributed by atoms with Crippen molar-refractivity contribution < 1.29 is 13.6 Å². The molecule has 140 valence electrons. The van der Waals surface area contributed by atoms with Gasteiger partial charge in [-0.2, -0.15) is 5.26 Å². The van der Waals surface area contributed by atoms with Crippen LogP contribution in [0, 0.1) is 17.1 Å². The lowest BCUT2D eigenvalue weighted by Crippen LogP contribution is -2.13. The van der Waals surface area contributed by atoms with E-state index in [1.54, 1.807) is 36.4 Å². The number of rotatable bonds is 4. The maximum Gasteiger partial charge on any atom is 0.266 e. The highest BCUT2D eigenvalue weighted by Crippen LogP contribution is 2.26. The molecule has 29 heavy (non-hydrogen) atoms. The highest BCUT2D eigenvalue weighted by atomic mass is 19.1. The van der Waals surface area contributed by atoms with Crippen molar-refractivity contribution in [3.05, 3.63) is 96.0 Å². The van der Waals surface area contributed by atoms with Gasteiger partial charge in [0.05, 0.1) is 5.56 Å². The number of nitrogens with zero attached hydrogens (tertiary/aromatic N) is 1. The van der Waals surface area contributed by atoms with Crippen molar-refractivity contribution in [1.29, 1.82) is 5.26 Å². The molecular weight excluding hydrogens is 367 g/mol. The minimum atomic E-state index is -0.549. The first-order valence-electron chi connectivity index (χ1n) is 8.91. The van der Waals surface area contributed by atoms with Gasteiger partial charge < -0.3 is 9.73 Å². The molecule has 0 saturated heterocycles. The molecule has 4 nitrogen and oxygen atoms in total. The lowest BCUT2D eigenvalue weighted by atomic mass is 10.1. The second-order valence-corrected chi connectivity index (χ2v) is 6.37. The highest BCUT2D eigenvalue weighted by Gasteiger charge is 2.13. The fraction of sp³-hybridized carbons (Fsp3) is 0. The number of carbonyl (C=O) groups excluding carboxylic acids is 1. The molecule has 0 fully saturated rings. The van der Waals surface area contributed by atoms with Gasteiger partial charge in [-0.15, -0.1) is 0 Å². The van der Waals surface area contributed by atoms with E-state index < -0.39 is 11.7 Å². The molecule has 1 amide bonds. The molecule has 1 heterocycles. The van der Waals surface area contributed by atoms with Gasteiger partial charge in [-0.25, -0.2) is 4.39 Å². The van der Waals surface area contributed by atoms with Crippen LogP contribution in [-0.2, 0) is 4.79 Å². The van der Waals surface area contributed by atoms with Gasteiger partial charge in [0.1, 0.15) is 29.0 Å². The van der Waals surface area contributed by atoms with Gasteiger partial charge in [0.2, 0.25) is 0 Å². The first-order valence-corrected chi connectivity index (χ1v) is 8.91. The number of fused-ring (bicyclic) bond motifs is 1. The summed E-state index contributed by atoms with van der Waals surface area (Å²) in [5.74, 6) is -0.353. The molecule has 0 aliphatic rings. The monoisotopic (exact) mass is 382 g/mol. The zero-order valence-corrected chi connectivity index (χ0v) is 15.2. The average molecular weight is 382 g/mol. The fourth-order valence-corrected chi connectivity index (χ4v) is 2.99. The average Bonchev–Trinajstić information content (AvgIpc) is 3.20. The van der Waals surface area contributed by atoms with Gasteiger partial charge in [-0.05, 0) is 47.2 Å². The zero-order chi connectivity index (χ0) is 20.2. The third-order valence-electron chi connectivity index (χ3n) is 4.43. The van der Waals surface area contributed by atoms with Gasteiger partial charge in [-0.1, -0.05) is 42.5 Å². The number of nitrogens with one attached hydrogen (secondary N) is 1. The number of carbonyl (C=O) groups is 1. The summed E-state index contributed by atoms with van der Waals surface area (Å²) in [5.41, 5.74) is 0.778. The number of halogens is 1. The predicted molar refractivity (Wildman–Crippen MR) is 110 cm³/mol. The Bertz CT molecular complexity index is 1280. The summed E-state index contributed by atoms with van der Waals surface area (Å²) >= 11 is 0. The van der Waals surface area contributed by atoms with Crippen LogP contribution >= 0.6 is 0 Å². The largest absolute Gasteiger partial charge is 0.457 e. The van der Waals surface area contributed by atoms with Crippen molar-refractivity contribution in [2.75, 3.05) is 5.32 Å². The summed E-state index contributed by atoms with van der Waals surface area (Å²) in [5, 5.41) is 14.1. The fourth-order valence-electron chi connectivity index (χ4n) is 2.99. The Hall–Kier alpha value is -4.17. The zero-order valence-electron chi connectivity index (χ0n) is 15.2. The van der Waals surface area contributed by atoms with E-state index in [-0.39, 0.29) is 11.3 Å². The molecule has 4 aromatic rings. The minimum absolute atomic E-state index is 0.118. The summed E-state index contributed by atoms with van der Waals surface area (Å²) in [6, 6.07) is 24.6. The number of amides is 1. The topological polar surface area (TPSA) is 66.0 Å². The van der Waals surface area contributed by atoms with Crippen molar-refractivity contribution in [2.24, 2.45) is 0 Å². The van der Waals surface area contributed by atoms with Gasteiger partial charge >= 0.3 is 0 Å². The minimum Gasteiger partial charge on any atom is -0.457 e. The second-order valence-electron chi connectivity index (χ2n) is 6.37. The van der Waals surface area contributed by atoms with E-state index in [2.05, 4.69) is 5.32 Å². The van der Waals surface area contributed by atoms with Crippen molar-refractivity contribution >= 4 is 28.4 Å². The van der Waals surface area contributed by atoms with Gasteiger partial charge in [0, 0.05) is 11.8 Å². The smallest absolute Gasteiger partial charge is 0.266 e. The Balaban J connectivity index is 1.56. The molecule has 0 spiro atoms. The normalized spacial score (nSPS) is 11.2. The lowest BCUT2D eigenvalue weighted by molar-refractivity contribution is -0.112. The van der Waals surface area contributed by atoms with E-state index in [1.165, 1.54) is 12.1 Å². The molecule has 0 radical (unpaired) electrons. The Labute approximate surface area is 166 Å². The SMILES string of the molecule is N#CC(=Cc1ccc(-c2ccccc2F)o1)C(=O)Nc1ccc2ccccc2c1. The van der Waals surface area contributed by atoms with Crippen LogP contribution in [-0.4, -0.2) is 5.91 Å². The van der Waals surface area contributed by atoms with Crippen molar-refractivity contribution in [1.82, 2.24) is 0 Å². The van der Waals surface area contributed by atoms with E-state index in [9.17, 15) is 14.4 Å². The first kappa shape index (κ1) is 18.2. The van der Waals surface area contributed by atoms with Crippen LogP contribution in [0.5, 0.6) is 0 Å². The molecule has 0 bridgehead atoms. The van der Waals surface area contributed by atoms with Crippen molar-refractivity contribution in [3.8, 4) is 17.4 Å². The molecule has 5 heteroatoms. The van der Waals surface area contributed by atoms with Crippen LogP contribution in [0.4, 0.5) is 10.1 Å². The predicted octanol–water partition coefficient (Wildman–Crippen LogP) is 5.78. The molecule has 0 unspecified atom stereocenters. The Morgan fingerprint density at radius 3 is 2.52 bits per heavy atom. The quantitative estimate of drug-likeness (QED) is 0.359. The number of hydrogen-bond donors (Lipinski definition) is 1. The lowest BCUT2D eigenvalue weighted by Gasteiger charge is -2.05. The molecule has 4 rings (SSSR count). The molecule has 0 atom stereocenters. The Morgan fingerprint density at radius 2 is 1.72 bits per heavy atom. The summed E-state index contributed by atoms with van der Waals surface area (Å²) < 4.78 is 19.5. The molecule has 0 aliphatic heterocycles. The Morgan fingerprint density at radius 1 is 0.966 bits per heavy atom. The van der Waals surface area contributed by atoms with Crippen LogP contribution in [0.25, 0.3) is 28.2 Å². The summed E-state index contributed by atoms with van der Waals surface area (Å²) in [6.45, 7) is 0. The highest BCUT2D eigenvalue weighted by molar-refractivity contribution is 6.10. The van der Waals surface area contributed by atoms with E-state index in [0.29, 0.717) is 17.0 Å². The first-order chi connectivity index (χ1) is 14.1. The van der Waals surface area contributed by atoms with E-state index in [4.69, 9.17) is 4.42 Å². The van der Waals surface area contributed by atoms with Crippen LogP contribution < -0.4 is 5.32 Å². The van der Waals surface area contributed by atoms with Crippen molar-refractivity contribution in [3.63, 3.8) is 0 Å². The molecule has 3 aromatic carbocycles. The molecule has 1 aromatic heterocycles. The second kappa shape index (κ2) is 7.83. The summed E-state index contributed by atoms with van der Waals surface area (Å²) in [7, 11) is 0. The summed E-state index contributed by atoms with van der Waals surface area (Å²) in [6.07, 6.45) is 1.33. The standard InChI is InChI=1S/C24H15FN2O2/c25-22-8-4-3-7-21(22)23-12-11-20(29-23)14-18(15-26)24(28)27-19-10-9-16-5-1-2-6-17(16)13-19/h1-14H,(H,27,28). The number of furan rings is 1. The van der Waals surface area contributed by atoms with Crippen molar-refractivity contribution in [2.45, 2.75) is 0 Å². The molecular formula is C24H15FN2O2. The van der Waals surface area contributed by atoms with Crippen LogP contribution in [0.3, 0.4) is 0 Å². The van der Waals surface area contributed by atoms with E-state index >= 15 is 0 Å². The molecule has 0 saturated carbocycles. The van der Waals surface area contributed by atoms with Gasteiger partial charge in [0.25, 0.3) is 5.91 Å². The van der Waals surface area contributed by atoms with Crippen LogP contribution in [0.2, 0.25) is 0 Å². The number of anilines is 1. The Kier molecular flexibility index (Phi) is 4.91. The van der Waals surface area contributed by atoms with Crippen LogP contribution in [0.1, 0.15) is 5.76 Å². The molecule has 0 aliphatic carbocycles. The number of hydrogen-bond acceptors (Lipinski definition) is 3. The van der Waals surface area contributed by atoms with Gasteiger partial charge in [-0.3, -0.25) is 4.79 Å². The van der Waals surface area contributed by atoms with Crippen LogP contribution in [0.15, 0.2) is 88.9 Å². The van der Waals surface area contributed by atoms with E-state index in [1.807, 2.05) is 42.5 Å². The maximum atomic E-state index is 13.9. The molecule has 1 N–H and O–H groups in total. The number of nitriles is 1. The number of benzene rings is 3.